The summed E-state index contributed by atoms with van der Waals surface area (Å²) in [5, 5.41) is 18.6. The summed E-state index contributed by atoms with van der Waals surface area (Å²) in [6.07, 6.45) is 15.5. The summed E-state index contributed by atoms with van der Waals surface area (Å²) >= 11 is 0. The average Bonchev–Trinajstić information content (AvgIpc) is 0.842. The van der Waals surface area contributed by atoms with Crippen LogP contribution in [-0.2, 0) is 6.54 Å². The van der Waals surface area contributed by atoms with E-state index >= 15 is 0 Å². The Morgan fingerprint density at radius 2 is 0.777 bits per heavy atom. The van der Waals surface area contributed by atoms with Gasteiger partial charge in [-0.05, 0) is 166 Å². The average molecular weight is 1380 g/mol. The first-order chi connectivity index (χ1) is 50.4. The number of amides is 3. The van der Waals surface area contributed by atoms with Crippen molar-refractivity contribution >= 4 is 64.0 Å². The van der Waals surface area contributed by atoms with E-state index in [0.717, 1.165) is 139 Å². The standard InChI is InChI=1S/C29H31N7O.C23H27N7O.C23H19N5O.3C2H6/c1-21-3-6-24(19-27(21)34-29-31-14-11-26(33-29)23-9-12-30-13-10-23)28(37)32-25-7-4-22(5-8-25)20-36-17-15-35(2)16-18-36;1-29-13-15-30(16-14-29)12-11-25-22(31)19-3-2-4-20(17-19)27-23-26-10-7-21(28-23)18-5-8-24-9-6-18;1-16-7-8-18(22(29)26-19-5-3-2-4-6-19)15-21(16)28-23-25-14-11-20(27-23)17-9-12-24-13-10-17;3*1-2/h3-14,19H,15-18,20H2,1-2H3,(H,32,37)(H,31,33,34);2-10,17H,11-16H2,1H3,(H,25,31)(H,26,27,28);2-15H,1H3,(H,26,29)(H,25,27,28);3*1-2H3. The molecule has 0 unspecified atom stereocenters. The van der Waals surface area contributed by atoms with Gasteiger partial charge in [-0.15, -0.1) is 0 Å². The second kappa shape index (κ2) is 41.2. The normalized spacial score (nSPS) is 12.7. The van der Waals surface area contributed by atoms with E-state index in [-0.39, 0.29) is 17.7 Å². The fourth-order valence-corrected chi connectivity index (χ4v) is 10.6. The van der Waals surface area contributed by atoms with Gasteiger partial charge in [0.15, 0.2) is 0 Å². The maximum atomic E-state index is 13.0. The van der Waals surface area contributed by atoms with Crippen LogP contribution in [0.1, 0.15) is 89.3 Å². The molecule has 0 saturated carbocycles. The molecule has 8 heterocycles. The Labute approximate surface area is 606 Å². The third-order valence-electron chi connectivity index (χ3n) is 16.3. The van der Waals surface area contributed by atoms with Crippen molar-refractivity contribution in [2.45, 2.75) is 61.9 Å². The highest BCUT2D eigenvalue weighted by molar-refractivity contribution is 6.06. The smallest absolute Gasteiger partial charge is 0.255 e. The molecule has 5 aromatic carbocycles. The van der Waals surface area contributed by atoms with Crippen LogP contribution in [0.4, 0.5) is 46.3 Å². The third-order valence-corrected chi connectivity index (χ3v) is 16.3. The lowest BCUT2D eigenvalue weighted by Crippen LogP contribution is -2.46. The van der Waals surface area contributed by atoms with Crippen LogP contribution in [0.25, 0.3) is 33.8 Å². The molecule has 6 N–H and O–H groups in total. The number of para-hydroxylation sites is 1. The lowest BCUT2D eigenvalue weighted by molar-refractivity contribution is 0.0939. The number of carbonyl (C=O) groups is 3. The zero-order valence-corrected chi connectivity index (χ0v) is 60.7. The van der Waals surface area contributed by atoms with Gasteiger partial charge in [0.05, 0.1) is 17.1 Å². The van der Waals surface area contributed by atoms with E-state index in [1.165, 1.54) is 5.56 Å². The molecule has 2 aliphatic heterocycles. The predicted molar refractivity (Wildman–Crippen MR) is 416 cm³/mol. The summed E-state index contributed by atoms with van der Waals surface area (Å²) in [4.78, 5) is 86.5. The maximum Gasteiger partial charge on any atom is 0.255 e. The topological polar surface area (TPSA) is 252 Å². The maximum absolute atomic E-state index is 13.0. The van der Waals surface area contributed by atoms with Gasteiger partial charge in [0.2, 0.25) is 17.8 Å². The highest BCUT2D eigenvalue weighted by Gasteiger charge is 2.18. The number of benzene rings is 5. The van der Waals surface area contributed by atoms with Crippen molar-refractivity contribution in [1.82, 2.24) is 69.8 Å². The quantitative estimate of drug-likeness (QED) is 0.0440. The van der Waals surface area contributed by atoms with Crippen LogP contribution >= 0.6 is 0 Å². The van der Waals surface area contributed by atoms with E-state index in [9.17, 15) is 14.4 Å². The first kappa shape index (κ1) is 77.2. The molecule has 3 amide bonds. The van der Waals surface area contributed by atoms with Crippen LogP contribution in [-0.4, -0.2) is 162 Å². The van der Waals surface area contributed by atoms with Crippen molar-refractivity contribution in [3.8, 4) is 33.8 Å². The molecule has 22 nitrogen and oxygen atoms in total. The molecular formula is C81H95N19O3. The Morgan fingerprint density at radius 1 is 0.379 bits per heavy atom. The minimum Gasteiger partial charge on any atom is -0.351 e. The van der Waals surface area contributed by atoms with Crippen LogP contribution in [0.15, 0.2) is 226 Å². The molecule has 103 heavy (non-hydrogen) atoms. The van der Waals surface area contributed by atoms with Gasteiger partial charge in [0, 0.05) is 190 Å². The van der Waals surface area contributed by atoms with Crippen LogP contribution < -0.4 is 31.9 Å². The molecule has 2 saturated heterocycles. The minimum absolute atomic E-state index is 0.0794. The van der Waals surface area contributed by atoms with Gasteiger partial charge in [0.25, 0.3) is 17.7 Å². The van der Waals surface area contributed by atoms with Crippen LogP contribution in [0.3, 0.4) is 0 Å². The first-order valence-corrected chi connectivity index (χ1v) is 35.1. The zero-order valence-electron chi connectivity index (χ0n) is 60.7. The van der Waals surface area contributed by atoms with Gasteiger partial charge in [-0.25, -0.2) is 29.9 Å². The van der Waals surface area contributed by atoms with Crippen LogP contribution in [0.2, 0.25) is 0 Å². The molecular weight excluding hydrogens is 1290 g/mol. The number of pyridine rings is 3. The van der Waals surface area contributed by atoms with Gasteiger partial charge >= 0.3 is 0 Å². The van der Waals surface area contributed by atoms with Crippen molar-refractivity contribution < 1.29 is 14.4 Å². The van der Waals surface area contributed by atoms with E-state index in [1.54, 1.807) is 67.9 Å². The highest BCUT2D eigenvalue weighted by Crippen LogP contribution is 2.27. The van der Waals surface area contributed by atoms with E-state index < -0.39 is 0 Å². The van der Waals surface area contributed by atoms with Crippen molar-refractivity contribution in [1.29, 1.82) is 0 Å². The van der Waals surface area contributed by atoms with E-state index in [1.807, 2.05) is 201 Å². The number of rotatable bonds is 19. The van der Waals surface area contributed by atoms with Gasteiger partial charge in [0.1, 0.15) is 0 Å². The largest absolute Gasteiger partial charge is 0.351 e. The summed E-state index contributed by atoms with van der Waals surface area (Å²) in [5.41, 5.74) is 14.0. The number of likely N-dealkylation sites (N-methyl/N-ethyl adjacent to an activating group) is 2. The third kappa shape index (κ3) is 24.4. The van der Waals surface area contributed by atoms with Gasteiger partial charge < -0.3 is 41.7 Å². The Hall–Kier alpha value is -11.6. The molecule has 532 valence electrons. The lowest BCUT2D eigenvalue weighted by atomic mass is 10.1. The SMILES string of the molecule is CC.CC.CC.CN1CCN(CCNC(=O)c2cccc(Nc3nccc(-c4ccncc4)n3)c2)CC1.Cc1ccc(C(=O)Nc2ccc(CN3CCN(C)CC3)cc2)cc1Nc1nccc(-c2ccncc2)n1.Cc1ccc(C(=O)Nc2ccccc2)cc1Nc1nccc(-c2ccncc2)n1. The number of aryl methyl sites for hydroxylation is 2. The zero-order chi connectivity index (χ0) is 73.1. The monoisotopic (exact) mass is 1380 g/mol. The van der Waals surface area contributed by atoms with E-state index in [4.69, 9.17) is 0 Å². The number of nitrogens with zero attached hydrogens (tertiary/aromatic N) is 13. The number of piperazine rings is 2. The molecule has 2 fully saturated rings. The number of hydrogen-bond donors (Lipinski definition) is 6. The highest BCUT2D eigenvalue weighted by atomic mass is 16.2. The van der Waals surface area contributed by atoms with E-state index in [0.29, 0.717) is 41.1 Å². The number of aromatic nitrogens is 9. The van der Waals surface area contributed by atoms with Gasteiger partial charge in [-0.2, -0.15) is 0 Å². The fourth-order valence-electron chi connectivity index (χ4n) is 10.6. The number of carbonyl (C=O) groups excluding carboxylic acids is 3. The minimum atomic E-state index is -0.175. The van der Waals surface area contributed by atoms with Gasteiger partial charge in [-0.3, -0.25) is 39.1 Å². The van der Waals surface area contributed by atoms with Crippen LogP contribution in [0.5, 0.6) is 0 Å². The summed E-state index contributed by atoms with van der Waals surface area (Å²) in [7, 11) is 4.30. The molecule has 0 bridgehead atoms. The van der Waals surface area contributed by atoms with E-state index in [2.05, 4.69) is 123 Å². The number of hydrogen-bond acceptors (Lipinski definition) is 19. The Balaban J connectivity index is 0.000000190. The molecule has 13 rings (SSSR count). The molecule has 11 aromatic rings. The fraction of sp³-hybridized carbons (Fsp3) is 0.259. The lowest BCUT2D eigenvalue weighted by Gasteiger charge is -2.32. The molecule has 6 aromatic heterocycles. The van der Waals surface area contributed by atoms with Crippen molar-refractivity contribution in [3.63, 3.8) is 0 Å². The molecule has 22 heteroatoms. The molecule has 2 aliphatic rings. The second-order valence-electron chi connectivity index (χ2n) is 23.5. The molecule has 0 radical (unpaired) electrons. The molecule has 0 atom stereocenters. The van der Waals surface area contributed by atoms with Crippen molar-refractivity contribution in [3.05, 3.63) is 259 Å². The molecule has 0 spiro atoms. The number of nitrogens with one attached hydrogen (secondary N) is 6. The first-order valence-electron chi connectivity index (χ1n) is 35.1. The second-order valence-corrected chi connectivity index (χ2v) is 23.5. The molecule has 0 aliphatic carbocycles. The Morgan fingerprint density at radius 3 is 1.22 bits per heavy atom. The van der Waals surface area contributed by atoms with Gasteiger partial charge in [-0.1, -0.05) is 90.1 Å². The Bertz CT molecular complexity index is 4370. The summed E-state index contributed by atoms with van der Waals surface area (Å²) < 4.78 is 0. The summed E-state index contributed by atoms with van der Waals surface area (Å²) in [6.45, 7) is 27.0. The summed E-state index contributed by atoms with van der Waals surface area (Å²) in [5.74, 6) is 0.979. The Kier molecular flexibility index (Phi) is 30.9. The number of anilines is 8. The predicted octanol–water partition coefficient (Wildman–Crippen LogP) is 14.8. The van der Waals surface area contributed by atoms with Crippen molar-refractivity contribution in [2.75, 3.05) is 106 Å². The van der Waals surface area contributed by atoms with Crippen LogP contribution in [0, 0.1) is 13.8 Å². The summed E-state index contributed by atoms with van der Waals surface area (Å²) in [6, 6.07) is 52.9. The van der Waals surface area contributed by atoms with Crippen molar-refractivity contribution in [2.24, 2.45) is 0 Å².